The zero-order valence-electron chi connectivity index (χ0n) is 14.5. The number of nitrogens with one attached hydrogen (secondary N) is 1. The number of amides is 1. The van der Waals surface area contributed by atoms with Crippen molar-refractivity contribution < 1.29 is 9.18 Å². The Labute approximate surface area is 146 Å². The molecule has 7 heteroatoms. The summed E-state index contributed by atoms with van der Waals surface area (Å²) in [5, 5.41) is 6.72. The molecule has 1 saturated carbocycles. The number of rotatable bonds is 3. The van der Waals surface area contributed by atoms with E-state index in [4.69, 9.17) is 0 Å². The molecule has 1 aromatic carbocycles. The number of hydrogen-bond donors (Lipinski definition) is 1. The molecule has 0 radical (unpaired) electrons. The van der Waals surface area contributed by atoms with Crippen molar-refractivity contribution in [3.8, 4) is 0 Å². The van der Waals surface area contributed by atoms with Gasteiger partial charge in [-0.3, -0.25) is 4.79 Å². The van der Waals surface area contributed by atoms with Gasteiger partial charge in [-0.15, -0.1) is 0 Å². The molecule has 2 aliphatic rings. The minimum absolute atomic E-state index is 0.0415. The predicted octanol–water partition coefficient (Wildman–Crippen LogP) is 1.96. The van der Waals surface area contributed by atoms with E-state index >= 15 is 0 Å². The number of nitrogens with zero attached hydrogens (tertiary/aromatic N) is 4. The fourth-order valence-corrected chi connectivity index (χ4v) is 4.11. The van der Waals surface area contributed by atoms with E-state index in [0.717, 1.165) is 5.95 Å². The number of aromatic amines is 1. The Morgan fingerprint density at radius 3 is 2.44 bits per heavy atom. The van der Waals surface area contributed by atoms with E-state index in [0.29, 0.717) is 38.2 Å². The first-order chi connectivity index (χ1) is 12.0. The van der Waals surface area contributed by atoms with E-state index in [1.54, 1.807) is 12.1 Å². The second kappa shape index (κ2) is 5.54. The third-order valence-corrected chi connectivity index (χ3v) is 5.70. The Hall–Kier alpha value is -2.44. The van der Waals surface area contributed by atoms with Gasteiger partial charge in [0.05, 0.1) is 5.41 Å². The summed E-state index contributed by atoms with van der Waals surface area (Å²) >= 11 is 0. The molecule has 25 heavy (non-hydrogen) atoms. The van der Waals surface area contributed by atoms with Crippen LogP contribution in [-0.4, -0.2) is 52.2 Å². The Balaban J connectivity index is 1.55. The molecule has 4 rings (SSSR count). The van der Waals surface area contributed by atoms with Gasteiger partial charge in [0.15, 0.2) is 0 Å². The van der Waals surface area contributed by atoms with Crippen LogP contribution in [0.15, 0.2) is 30.6 Å². The van der Waals surface area contributed by atoms with Crippen LogP contribution in [0.2, 0.25) is 0 Å². The molecule has 2 heterocycles. The number of halogens is 1. The van der Waals surface area contributed by atoms with Crippen LogP contribution in [0.5, 0.6) is 0 Å². The van der Waals surface area contributed by atoms with Crippen LogP contribution in [0, 0.1) is 11.2 Å². The molecule has 132 valence electrons. The summed E-state index contributed by atoms with van der Waals surface area (Å²) in [7, 11) is 0. The lowest BCUT2D eigenvalue weighted by molar-refractivity contribution is -0.135. The first kappa shape index (κ1) is 16.1. The number of benzene rings is 1. The number of aromatic nitrogens is 3. The first-order valence-electron chi connectivity index (χ1n) is 8.60. The van der Waals surface area contributed by atoms with E-state index in [2.05, 4.69) is 20.1 Å². The van der Waals surface area contributed by atoms with Crippen molar-refractivity contribution in [1.82, 2.24) is 20.1 Å². The van der Waals surface area contributed by atoms with Crippen LogP contribution < -0.4 is 4.90 Å². The van der Waals surface area contributed by atoms with Gasteiger partial charge < -0.3 is 9.80 Å². The Morgan fingerprint density at radius 2 is 1.88 bits per heavy atom. The highest BCUT2D eigenvalue weighted by molar-refractivity contribution is 5.93. The lowest BCUT2D eigenvalue weighted by Gasteiger charge is -2.37. The standard InChI is InChI=1S/C18H22FN5O/c1-17(2)11-18(17,13-5-3-4-6-14(13)19)15(25)23-7-9-24(10-8-23)16-20-12-21-22-16/h3-6,12H,7-11H2,1-2H3,(H,20,21,22)/t18-/m0/s1. The normalized spacial score (nSPS) is 25.1. The minimum Gasteiger partial charge on any atom is -0.338 e. The summed E-state index contributed by atoms with van der Waals surface area (Å²) in [5.74, 6) is 0.476. The average Bonchev–Trinajstić information content (AvgIpc) is 2.98. The SMILES string of the molecule is CC1(C)C[C@@]1(C(=O)N1CCN(c2ncn[nH]2)CC1)c1ccccc1F. The van der Waals surface area contributed by atoms with Gasteiger partial charge in [0.1, 0.15) is 12.1 Å². The highest BCUT2D eigenvalue weighted by atomic mass is 19.1. The third-order valence-electron chi connectivity index (χ3n) is 5.70. The van der Waals surface area contributed by atoms with Gasteiger partial charge in [-0.2, -0.15) is 10.1 Å². The number of anilines is 1. The highest BCUT2D eigenvalue weighted by Crippen LogP contribution is 2.65. The van der Waals surface area contributed by atoms with Gasteiger partial charge in [-0.25, -0.2) is 9.49 Å². The van der Waals surface area contributed by atoms with Gasteiger partial charge in [0.2, 0.25) is 11.9 Å². The van der Waals surface area contributed by atoms with Gasteiger partial charge >= 0.3 is 0 Å². The Morgan fingerprint density at radius 1 is 1.20 bits per heavy atom. The summed E-state index contributed by atoms with van der Waals surface area (Å²) < 4.78 is 14.4. The molecule has 1 N–H and O–H groups in total. The largest absolute Gasteiger partial charge is 0.338 e. The zero-order valence-corrected chi connectivity index (χ0v) is 14.5. The molecule has 1 saturated heterocycles. The lowest BCUT2D eigenvalue weighted by atomic mass is 9.86. The highest BCUT2D eigenvalue weighted by Gasteiger charge is 2.68. The lowest BCUT2D eigenvalue weighted by Crippen LogP contribution is -2.52. The number of carbonyl (C=O) groups is 1. The molecule has 2 aromatic rings. The van der Waals surface area contributed by atoms with E-state index in [1.165, 1.54) is 12.4 Å². The van der Waals surface area contributed by atoms with Gasteiger partial charge in [0, 0.05) is 31.7 Å². The zero-order chi connectivity index (χ0) is 17.7. The smallest absolute Gasteiger partial charge is 0.234 e. The van der Waals surface area contributed by atoms with Crippen molar-refractivity contribution >= 4 is 11.9 Å². The molecular weight excluding hydrogens is 321 g/mol. The maximum absolute atomic E-state index is 14.4. The molecule has 1 aliphatic heterocycles. The second-order valence-electron chi connectivity index (χ2n) is 7.53. The van der Waals surface area contributed by atoms with Crippen molar-refractivity contribution in [2.75, 3.05) is 31.1 Å². The van der Waals surface area contributed by atoms with E-state index in [9.17, 15) is 9.18 Å². The molecule has 0 spiro atoms. The van der Waals surface area contributed by atoms with Crippen molar-refractivity contribution in [2.45, 2.75) is 25.7 Å². The van der Waals surface area contributed by atoms with Crippen molar-refractivity contribution in [2.24, 2.45) is 5.41 Å². The monoisotopic (exact) mass is 343 g/mol. The summed E-state index contributed by atoms with van der Waals surface area (Å²) in [6.07, 6.45) is 2.16. The molecule has 1 atom stereocenters. The average molecular weight is 343 g/mol. The van der Waals surface area contributed by atoms with Crippen molar-refractivity contribution in [3.63, 3.8) is 0 Å². The van der Waals surface area contributed by atoms with E-state index in [1.807, 2.05) is 24.8 Å². The van der Waals surface area contributed by atoms with Crippen LogP contribution >= 0.6 is 0 Å². The molecule has 1 amide bonds. The van der Waals surface area contributed by atoms with Gasteiger partial charge in [-0.1, -0.05) is 32.0 Å². The molecule has 0 unspecified atom stereocenters. The van der Waals surface area contributed by atoms with E-state index in [-0.39, 0.29) is 17.1 Å². The molecule has 2 fully saturated rings. The second-order valence-corrected chi connectivity index (χ2v) is 7.53. The molecule has 1 aliphatic carbocycles. The predicted molar refractivity (Wildman–Crippen MR) is 91.7 cm³/mol. The first-order valence-corrected chi connectivity index (χ1v) is 8.60. The summed E-state index contributed by atoms with van der Waals surface area (Å²) in [6, 6.07) is 6.68. The summed E-state index contributed by atoms with van der Waals surface area (Å²) in [4.78, 5) is 21.5. The molecule has 6 nitrogen and oxygen atoms in total. The number of piperazine rings is 1. The quantitative estimate of drug-likeness (QED) is 0.925. The number of H-pyrrole nitrogens is 1. The molecule has 0 bridgehead atoms. The van der Waals surface area contributed by atoms with Crippen LogP contribution in [0.3, 0.4) is 0 Å². The van der Waals surface area contributed by atoms with E-state index < -0.39 is 5.41 Å². The Bertz CT molecular complexity index is 783. The van der Waals surface area contributed by atoms with Crippen molar-refractivity contribution in [3.05, 3.63) is 42.0 Å². The van der Waals surface area contributed by atoms with Crippen LogP contribution in [0.25, 0.3) is 0 Å². The maximum atomic E-state index is 14.4. The third kappa shape index (κ3) is 2.41. The Kier molecular flexibility index (Phi) is 3.56. The van der Waals surface area contributed by atoms with Crippen molar-refractivity contribution in [1.29, 1.82) is 0 Å². The van der Waals surface area contributed by atoms with Crippen LogP contribution in [0.4, 0.5) is 10.3 Å². The van der Waals surface area contributed by atoms with Gasteiger partial charge in [0.25, 0.3) is 0 Å². The molecular formula is C18H22FN5O. The van der Waals surface area contributed by atoms with Gasteiger partial charge in [-0.05, 0) is 17.9 Å². The summed E-state index contributed by atoms with van der Waals surface area (Å²) in [5.41, 5.74) is -0.441. The minimum atomic E-state index is -0.743. The van der Waals surface area contributed by atoms with Crippen LogP contribution in [0.1, 0.15) is 25.8 Å². The summed E-state index contributed by atoms with van der Waals surface area (Å²) in [6.45, 7) is 6.67. The fraction of sp³-hybridized carbons (Fsp3) is 0.500. The van der Waals surface area contributed by atoms with Crippen LogP contribution in [-0.2, 0) is 10.2 Å². The molecule has 1 aromatic heterocycles. The fourth-order valence-electron chi connectivity index (χ4n) is 4.11. The topological polar surface area (TPSA) is 65.1 Å². The maximum Gasteiger partial charge on any atom is 0.234 e. The number of hydrogen-bond acceptors (Lipinski definition) is 4. The number of carbonyl (C=O) groups excluding carboxylic acids is 1.